The summed E-state index contributed by atoms with van der Waals surface area (Å²) in [5.41, 5.74) is 3.05. The zero-order valence-electron chi connectivity index (χ0n) is 18.7. The number of nitrogens with zero attached hydrogens (tertiary/aromatic N) is 1. The number of carbonyl (C=O) groups excluding carboxylic acids is 2. The zero-order chi connectivity index (χ0) is 23.9. The van der Waals surface area contributed by atoms with Crippen LogP contribution in [0.2, 0.25) is 5.02 Å². The van der Waals surface area contributed by atoms with Gasteiger partial charge >= 0.3 is 12.0 Å². The van der Waals surface area contributed by atoms with Crippen LogP contribution >= 0.6 is 11.6 Å². The fourth-order valence-corrected chi connectivity index (χ4v) is 4.22. The Bertz CT molecular complexity index is 1180. The van der Waals surface area contributed by atoms with E-state index in [1.807, 2.05) is 66.7 Å². The summed E-state index contributed by atoms with van der Waals surface area (Å²) in [6.45, 7) is 0.136. The molecule has 0 aromatic heterocycles. The number of hydrogen-bond donors (Lipinski definition) is 1. The summed E-state index contributed by atoms with van der Waals surface area (Å²) in [6, 6.07) is 23.1. The summed E-state index contributed by atoms with van der Waals surface area (Å²) in [4.78, 5) is 30.1. The molecule has 1 heterocycles. The van der Waals surface area contributed by atoms with Gasteiger partial charge in [-0.3, -0.25) is 4.79 Å². The SMILES string of the molecule is COc1ccc(C2NC(=O)N=C(CCc3ccccc3Cl)C2C(=O)OCc2ccccc2)cc1. The summed E-state index contributed by atoms with van der Waals surface area (Å²) >= 11 is 6.32. The second kappa shape index (κ2) is 11.0. The number of carbonyl (C=O) groups is 2. The molecule has 0 saturated heterocycles. The van der Waals surface area contributed by atoms with Gasteiger partial charge in [0.25, 0.3) is 0 Å². The Kier molecular flexibility index (Phi) is 7.60. The largest absolute Gasteiger partial charge is 0.497 e. The third kappa shape index (κ3) is 5.64. The summed E-state index contributed by atoms with van der Waals surface area (Å²) < 4.78 is 10.9. The van der Waals surface area contributed by atoms with E-state index in [1.165, 1.54) is 0 Å². The third-order valence-corrected chi connectivity index (χ3v) is 6.15. The first kappa shape index (κ1) is 23.5. The molecule has 0 aliphatic carbocycles. The van der Waals surface area contributed by atoms with E-state index in [0.717, 1.165) is 16.7 Å². The molecule has 2 atom stereocenters. The lowest BCUT2D eigenvalue weighted by molar-refractivity contribution is -0.148. The normalized spacial score (nSPS) is 17.5. The number of urea groups is 1. The van der Waals surface area contributed by atoms with Crippen molar-refractivity contribution in [2.24, 2.45) is 10.9 Å². The summed E-state index contributed by atoms with van der Waals surface area (Å²) in [6.07, 6.45) is 0.943. The van der Waals surface area contributed by atoms with Gasteiger partial charge in [-0.2, -0.15) is 0 Å². The van der Waals surface area contributed by atoms with Crippen LogP contribution in [0.1, 0.15) is 29.2 Å². The second-order valence-electron chi connectivity index (χ2n) is 7.97. The van der Waals surface area contributed by atoms with E-state index in [-0.39, 0.29) is 6.61 Å². The first-order chi connectivity index (χ1) is 16.5. The number of ether oxygens (including phenoxy) is 2. The molecule has 2 unspecified atom stereocenters. The lowest BCUT2D eigenvalue weighted by atomic mass is 9.85. The highest BCUT2D eigenvalue weighted by Crippen LogP contribution is 2.31. The Morgan fingerprint density at radius 3 is 2.38 bits per heavy atom. The van der Waals surface area contributed by atoms with Crippen LogP contribution in [-0.4, -0.2) is 24.8 Å². The van der Waals surface area contributed by atoms with Crippen molar-refractivity contribution in [2.75, 3.05) is 7.11 Å². The maximum absolute atomic E-state index is 13.4. The van der Waals surface area contributed by atoms with Gasteiger partial charge in [0.2, 0.25) is 0 Å². The molecule has 34 heavy (non-hydrogen) atoms. The van der Waals surface area contributed by atoms with Crippen molar-refractivity contribution in [3.05, 3.63) is 101 Å². The lowest BCUT2D eigenvalue weighted by Gasteiger charge is -2.31. The van der Waals surface area contributed by atoms with Crippen LogP contribution in [0.5, 0.6) is 5.75 Å². The maximum Gasteiger partial charge on any atom is 0.341 e. The number of aryl methyl sites for hydroxylation is 1. The van der Waals surface area contributed by atoms with Crippen molar-refractivity contribution in [3.8, 4) is 5.75 Å². The molecular weight excluding hydrogens is 452 g/mol. The lowest BCUT2D eigenvalue weighted by Crippen LogP contribution is -2.45. The molecule has 0 fully saturated rings. The third-order valence-electron chi connectivity index (χ3n) is 5.78. The maximum atomic E-state index is 13.4. The molecule has 7 heteroatoms. The molecular formula is C27H25ClN2O4. The number of esters is 1. The highest BCUT2D eigenvalue weighted by molar-refractivity contribution is 6.31. The van der Waals surface area contributed by atoms with Gasteiger partial charge in [-0.05, 0) is 47.7 Å². The van der Waals surface area contributed by atoms with Gasteiger partial charge in [-0.1, -0.05) is 72.3 Å². The van der Waals surface area contributed by atoms with E-state index in [2.05, 4.69) is 10.3 Å². The van der Waals surface area contributed by atoms with Crippen LogP contribution in [0.4, 0.5) is 4.79 Å². The van der Waals surface area contributed by atoms with Crippen LogP contribution < -0.4 is 10.1 Å². The van der Waals surface area contributed by atoms with Crippen molar-refractivity contribution in [3.63, 3.8) is 0 Å². The molecule has 1 aliphatic rings. The average molecular weight is 477 g/mol. The van der Waals surface area contributed by atoms with E-state index >= 15 is 0 Å². The molecule has 3 aromatic rings. The molecule has 2 amide bonds. The Labute approximate surface area is 203 Å². The van der Waals surface area contributed by atoms with Crippen molar-refractivity contribution >= 4 is 29.3 Å². The van der Waals surface area contributed by atoms with E-state index < -0.39 is 24.0 Å². The molecule has 4 rings (SSSR count). The standard InChI is InChI=1S/C27H25ClN2O4/c1-33-21-14-11-20(12-15-21)25-24(26(31)34-17-18-7-3-2-4-8-18)23(29-27(32)30-25)16-13-19-9-5-6-10-22(19)28/h2-12,14-15,24-25H,13,16-17H2,1H3,(H,30,32). The Balaban J connectivity index is 1.61. The van der Waals surface area contributed by atoms with Crippen molar-refractivity contribution in [1.29, 1.82) is 0 Å². The Morgan fingerprint density at radius 1 is 0.971 bits per heavy atom. The zero-order valence-corrected chi connectivity index (χ0v) is 19.5. The van der Waals surface area contributed by atoms with Crippen LogP contribution in [0.25, 0.3) is 0 Å². The number of amides is 2. The van der Waals surface area contributed by atoms with Crippen LogP contribution in [0.15, 0.2) is 83.9 Å². The number of aliphatic imine (C=N–C) groups is 1. The van der Waals surface area contributed by atoms with Gasteiger partial charge in [-0.15, -0.1) is 0 Å². The quantitative estimate of drug-likeness (QED) is 0.432. The predicted molar refractivity (Wildman–Crippen MR) is 131 cm³/mol. The average Bonchev–Trinajstić information content (AvgIpc) is 2.87. The minimum atomic E-state index is -0.766. The Hall–Kier alpha value is -3.64. The molecule has 0 spiro atoms. The minimum Gasteiger partial charge on any atom is -0.497 e. The number of methoxy groups -OCH3 is 1. The molecule has 6 nitrogen and oxygen atoms in total. The smallest absolute Gasteiger partial charge is 0.341 e. The van der Waals surface area contributed by atoms with Gasteiger partial charge < -0.3 is 14.8 Å². The number of benzene rings is 3. The van der Waals surface area contributed by atoms with Gasteiger partial charge in [0.1, 0.15) is 18.3 Å². The molecule has 174 valence electrons. The van der Waals surface area contributed by atoms with Gasteiger partial charge in [0, 0.05) is 10.7 Å². The number of halogens is 1. The highest BCUT2D eigenvalue weighted by Gasteiger charge is 2.39. The summed E-state index contributed by atoms with van der Waals surface area (Å²) in [5, 5.41) is 3.48. The van der Waals surface area contributed by atoms with Gasteiger partial charge in [-0.25, -0.2) is 9.79 Å². The summed E-state index contributed by atoms with van der Waals surface area (Å²) in [5.74, 6) is -0.526. The molecule has 1 aliphatic heterocycles. The topological polar surface area (TPSA) is 77.0 Å². The predicted octanol–water partition coefficient (Wildman–Crippen LogP) is 5.55. The number of nitrogens with one attached hydrogen (secondary N) is 1. The van der Waals surface area contributed by atoms with Crippen molar-refractivity contribution in [1.82, 2.24) is 5.32 Å². The van der Waals surface area contributed by atoms with E-state index in [0.29, 0.717) is 29.3 Å². The molecule has 1 N–H and O–H groups in total. The fraction of sp³-hybridized carbons (Fsp3) is 0.222. The highest BCUT2D eigenvalue weighted by atomic mass is 35.5. The number of rotatable bonds is 8. The summed E-state index contributed by atoms with van der Waals surface area (Å²) in [7, 11) is 1.58. The second-order valence-corrected chi connectivity index (χ2v) is 8.37. The van der Waals surface area contributed by atoms with Crippen LogP contribution in [0, 0.1) is 5.92 Å². The minimum absolute atomic E-state index is 0.136. The van der Waals surface area contributed by atoms with E-state index in [1.54, 1.807) is 19.2 Å². The van der Waals surface area contributed by atoms with Crippen LogP contribution in [0.3, 0.4) is 0 Å². The number of hydrogen-bond acceptors (Lipinski definition) is 4. The van der Waals surface area contributed by atoms with Gasteiger partial charge in [0.15, 0.2) is 0 Å². The van der Waals surface area contributed by atoms with Crippen LogP contribution in [-0.2, 0) is 22.6 Å². The first-order valence-electron chi connectivity index (χ1n) is 11.0. The van der Waals surface area contributed by atoms with E-state index in [4.69, 9.17) is 21.1 Å². The molecule has 0 bridgehead atoms. The van der Waals surface area contributed by atoms with Gasteiger partial charge in [0.05, 0.1) is 13.2 Å². The first-order valence-corrected chi connectivity index (χ1v) is 11.4. The monoisotopic (exact) mass is 476 g/mol. The molecule has 0 radical (unpaired) electrons. The molecule has 3 aromatic carbocycles. The van der Waals surface area contributed by atoms with Crippen molar-refractivity contribution < 1.29 is 19.1 Å². The Morgan fingerprint density at radius 2 is 1.68 bits per heavy atom. The van der Waals surface area contributed by atoms with Crippen molar-refractivity contribution in [2.45, 2.75) is 25.5 Å². The van der Waals surface area contributed by atoms with E-state index in [9.17, 15) is 9.59 Å². The molecule has 0 saturated carbocycles. The fourth-order valence-electron chi connectivity index (χ4n) is 3.99.